The van der Waals surface area contributed by atoms with Crippen LogP contribution in [0.15, 0.2) is 18.2 Å². The fourth-order valence-corrected chi connectivity index (χ4v) is 1.76. The van der Waals surface area contributed by atoms with Crippen LogP contribution in [0.3, 0.4) is 0 Å². The topological polar surface area (TPSA) is 52.6 Å². The maximum Gasteiger partial charge on any atom is 0.347 e. The lowest BCUT2D eigenvalue weighted by molar-refractivity contribution is -0.149. The Balaban J connectivity index is 2.85. The van der Waals surface area contributed by atoms with Gasteiger partial charge >= 0.3 is 5.97 Å². The van der Waals surface area contributed by atoms with Gasteiger partial charge in [-0.1, -0.05) is 13.3 Å². The summed E-state index contributed by atoms with van der Waals surface area (Å²) in [6.45, 7) is 3.28. The minimum absolute atomic E-state index is 0.000487. The van der Waals surface area contributed by atoms with Crippen molar-refractivity contribution in [1.82, 2.24) is 0 Å². The number of rotatable bonds is 7. The molecule has 5 heteroatoms. The van der Waals surface area contributed by atoms with Crippen molar-refractivity contribution in [2.45, 2.75) is 39.2 Å². The van der Waals surface area contributed by atoms with Gasteiger partial charge in [0.1, 0.15) is 11.6 Å². The maximum atomic E-state index is 13.7. The summed E-state index contributed by atoms with van der Waals surface area (Å²) in [7, 11) is 1.28. The molecule has 0 heterocycles. The number of ether oxygens (including phenoxy) is 2. The fourth-order valence-electron chi connectivity index (χ4n) is 1.76. The zero-order valence-corrected chi connectivity index (χ0v) is 11.9. The molecule has 0 saturated carbocycles. The third kappa shape index (κ3) is 4.33. The Bertz CT molecular complexity index is 485. The zero-order valence-electron chi connectivity index (χ0n) is 11.9. The Hall–Kier alpha value is -1.91. The number of carbonyl (C=O) groups excluding carboxylic acids is 2. The van der Waals surface area contributed by atoms with Crippen LogP contribution in [0, 0.1) is 5.82 Å². The van der Waals surface area contributed by atoms with Gasteiger partial charge in [0.25, 0.3) is 0 Å². The molecule has 0 N–H and O–H groups in total. The van der Waals surface area contributed by atoms with Gasteiger partial charge in [0.2, 0.25) is 0 Å². The smallest absolute Gasteiger partial charge is 0.347 e. The molecule has 0 spiro atoms. The first-order valence-corrected chi connectivity index (χ1v) is 6.54. The van der Waals surface area contributed by atoms with Crippen molar-refractivity contribution >= 4 is 11.8 Å². The van der Waals surface area contributed by atoms with E-state index >= 15 is 0 Å². The van der Waals surface area contributed by atoms with Crippen LogP contribution >= 0.6 is 0 Å². The van der Waals surface area contributed by atoms with Crippen LogP contribution in [0.25, 0.3) is 0 Å². The first-order chi connectivity index (χ1) is 9.49. The van der Waals surface area contributed by atoms with E-state index in [0.29, 0.717) is 6.42 Å². The third-order valence-corrected chi connectivity index (χ3v) is 2.88. The molecule has 1 unspecified atom stereocenters. The van der Waals surface area contributed by atoms with E-state index in [1.54, 1.807) is 0 Å². The highest BCUT2D eigenvalue weighted by atomic mass is 19.1. The standard InChI is InChI=1S/C15H19FO4/c1-4-5-6-14(15(18)19-3)20-11-7-8-12(10(2)17)13(16)9-11/h7-9,14H,4-6H2,1-3H3. The molecule has 0 aliphatic carbocycles. The monoisotopic (exact) mass is 282 g/mol. The first kappa shape index (κ1) is 16.1. The van der Waals surface area contributed by atoms with E-state index in [9.17, 15) is 14.0 Å². The van der Waals surface area contributed by atoms with Gasteiger partial charge in [-0.3, -0.25) is 4.79 Å². The number of methoxy groups -OCH3 is 1. The van der Waals surface area contributed by atoms with Crippen molar-refractivity contribution in [2.75, 3.05) is 7.11 Å². The van der Waals surface area contributed by atoms with Gasteiger partial charge in [0, 0.05) is 6.07 Å². The van der Waals surface area contributed by atoms with E-state index in [1.807, 2.05) is 6.92 Å². The summed E-state index contributed by atoms with van der Waals surface area (Å²) in [6.07, 6.45) is 1.45. The summed E-state index contributed by atoms with van der Waals surface area (Å²) >= 11 is 0. The largest absolute Gasteiger partial charge is 0.479 e. The number of ketones is 1. The number of halogens is 1. The lowest BCUT2D eigenvalue weighted by Gasteiger charge is -2.17. The second-order valence-electron chi connectivity index (χ2n) is 4.47. The molecule has 0 aliphatic heterocycles. The minimum atomic E-state index is -0.762. The third-order valence-electron chi connectivity index (χ3n) is 2.88. The molecule has 20 heavy (non-hydrogen) atoms. The number of esters is 1. The van der Waals surface area contributed by atoms with Gasteiger partial charge in [-0.05, 0) is 31.9 Å². The molecule has 0 saturated heterocycles. The molecule has 0 aromatic heterocycles. The number of Topliss-reactive ketones (excluding diaryl/α,β-unsaturated/α-hetero) is 1. The second-order valence-corrected chi connectivity index (χ2v) is 4.47. The molecule has 0 radical (unpaired) electrons. The average Bonchev–Trinajstić information content (AvgIpc) is 2.42. The molecule has 1 rings (SSSR count). The van der Waals surface area contributed by atoms with E-state index in [-0.39, 0.29) is 17.1 Å². The minimum Gasteiger partial charge on any atom is -0.479 e. The van der Waals surface area contributed by atoms with Gasteiger partial charge in [-0.25, -0.2) is 9.18 Å². The molecule has 0 aliphatic rings. The lowest BCUT2D eigenvalue weighted by atomic mass is 10.1. The summed E-state index contributed by atoms with van der Waals surface area (Å²) in [5, 5.41) is 0. The Morgan fingerprint density at radius 1 is 1.35 bits per heavy atom. The Morgan fingerprint density at radius 3 is 2.55 bits per heavy atom. The molecular weight excluding hydrogens is 263 g/mol. The predicted molar refractivity (Wildman–Crippen MR) is 72.4 cm³/mol. The highest BCUT2D eigenvalue weighted by Gasteiger charge is 2.21. The van der Waals surface area contributed by atoms with Crippen LogP contribution in [0.1, 0.15) is 43.5 Å². The first-order valence-electron chi connectivity index (χ1n) is 6.54. The fraction of sp³-hybridized carbons (Fsp3) is 0.467. The van der Waals surface area contributed by atoms with Crippen LogP contribution in [0.4, 0.5) is 4.39 Å². The van der Waals surface area contributed by atoms with E-state index in [4.69, 9.17) is 4.74 Å². The number of hydrogen-bond acceptors (Lipinski definition) is 4. The van der Waals surface area contributed by atoms with E-state index in [2.05, 4.69) is 4.74 Å². The van der Waals surface area contributed by atoms with E-state index in [0.717, 1.165) is 18.9 Å². The van der Waals surface area contributed by atoms with Gasteiger partial charge in [-0.2, -0.15) is 0 Å². The molecule has 1 aromatic carbocycles. The van der Waals surface area contributed by atoms with Crippen molar-refractivity contribution in [2.24, 2.45) is 0 Å². The molecule has 4 nitrogen and oxygen atoms in total. The Labute approximate surface area is 117 Å². The van der Waals surface area contributed by atoms with E-state index < -0.39 is 17.9 Å². The molecule has 0 fully saturated rings. The molecule has 110 valence electrons. The van der Waals surface area contributed by atoms with Gasteiger partial charge < -0.3 is 9.47 Å². The molecule has 1 aromatic rings. The average molecular weight is 282 g/mol. The number of carbonyl (C=O) groups is 2. The molecule has 0 amide bonds. The van der Waals surface area contributed by atoms with Crippen molar-refractivity contribution in [3.63, 3.8) is 0 Å². The van der Waals surface area contributed by atoms with Gasteiger partial charge in [0.05, 0.1) is 12.7 Å². The highest BCUT2D eigenvalue weighted by Crippen LogP contribution is 2.20. The summed E-state index contributed by atoms with van der Waals surface area (Å²) in [5.74, 6) is -1.30. The van der Waals surface area contributed by atoms with Crippen LogP contribution in [-0.2, 0) is 9.53 Å². The number of benzene rings is 1. The summed E-state index contributed by atoms with van der Waals surface area (Å²) in [6, 6.07) is 3.93. The normalized spacial score (nSPS) is 11.8. The Morgan fingerprint density at radius 2 is 2.05 bits per heavy atom. The number of hydrogen-bond donors (Lipinski definition) is 0. The zero-order chi connectivity index (χ0) is 15.1. The molecule has 0 bridgehead atoms. The van der Waals surface area contributed by atoms with Crippen molar-refractivity contribution in [3.05, 3.63) is 29.6 Å². The quantitative estimate of drug-likeness (QED) is 0.569. The predicted octanol–water partition coefficient (Wildman–Crippen LogP) is 3.14. The van der Waals surface area contributed by atoms with Crippen LogP contribution in [0.2, 0.25) is 0 Å². The Kier molecular flexibility index (Phi) is 6.15. The molecule has 1 atom stereocenters. The van der Waals surface area contributed by atoms with Crippen LogP contribution in [0.5, 0.6) is 5.75 Å². The van der Waals surface area contributed by atoms with Gasteiger partial charge in [0.15, 0.2) is 11.9 Å². The maximum absolute atomic E-state index is 13.7. The molecular formula is C15H19FO4. The highest BCUT2D eigenvalue weighted by molar-refractivity contribution is 5.94. The van der Waals surface area contributed by atoms with Crippen molar-refractivity contribution in [3.8, 4) is 5.75 Å². The van der Waals surface area contributed by atoms with Gasteiger partial charge in [-0.15, -0.1) is 0 Å². The van der Waals surface area contributed by atoms with Crippen LogP contribution in [-0.4, -0.2) is 25.0 Å². The van der Waals surface area contributed by atoms with E-state index in [1.165, 1.54) is 26.2 Å². The summed E-state index contributed by atoms with van der Waals surface area (Å²) in [4.78, 5) is 22.7. The van der Waals surface area contributed by atoms with Crippen LogP contribution < -0.4 is 4.74 Å². The second kappa shape index (κ2) is 7.62. The summed E-state index contributed by atoms with van der Waals surface area (Å²) in [5.41, 5.74) is 0.000487. The lowest BCUT2D eigenvalue weighted by Crippen LogP contribution is -2.28. The number of unbranched alkanes of at least 4 members (excludes halogenated alkanes) is 1. The van der Waals surface area contributed by atoms with Crippen molar-refractivity contribution < 1.29 is 23.5 Å². The summed E-state index contributed by atoms with van der Waals surface area (Å²) < 4.78 is 23.8. The van der Waals surface area contributed by atoms with Crippen molar-refractivity contribution in [1.29, 1.82) is 0 Å². The SMILES string of the molecule is CCCCC(Oc1ccc(C(C)=O)c(F)c1)C(=O)OC.